The van der Waals surface area contributed by atoms with E-state index in [0.29, 0.717) is 22.7 Å². The third-order valence-electron chi connectivity index (χ3n) is 2.88. The van der Waals surface area contributed by atoms with Gasteiger partial charge >= 0.3 is 0 Å². The quantitative estimate of drug-likeness (QED) is 0.658. The van der Waals surface area contributed by atoms with E-state index in [1.165, 1.54) is 18.0 Å². The molecule has 2 rings (SSSR count). The number of hydrogen-bond acceptors (Lipinski definition) is 4. The molecule has 94 valence electrons. The molecule has 0 aliphatic carbocycles. The van der Waals surface area contributed by atoms with E-state index in [0.717, 1.165) is 5.56 Å². The standard InChI is InChI=1S/C13H15N3O2/c1-8-4-5-9(6-10(8)14)13(17)12-11(18-3)7-15-16(12)2/h4-7H,14H2,1-3H3. The molecule has 2 aromatic rings. The number of ether oxygens (including phenoxy) is 1. The average Bonchev–Trinajstić information content (AvgIpc) is 2.73. The van der Waals surface area contributed by atoms with Crippen molar-refractivity contribution in [2.45, 2.75) is 6.92 Å². The largest absolute Gasteiger partial charge is 0.493 e. The van der Waals surface area contributed by atoms with Crippen molar-refractivity contribution in [2.24, 2.45) is 7.05 Å². The molecular formula is C13H15N3O2. The molecule has 18 heavy (non-hydrogen) atoms. The molecule has 0 radical (unpaired) electrons. The maximum atomic E-state index is 12.4. The fraction of sp³-hybridized carbons (Fsp3) is 0.231. The zero-order valence-corrected chi connectivity index (χ0v) is 10.6. The molecule has 0 fully saturated rings. The first-order chi connectivity index (χ1) is 8.54. The zero-order chi connectivity index (χ0) is 13.3. The minimum Gasteiger partial charge on any atom is -0.493 e. The Morgan fingerprint density at radius 1 is 1.44 bits per heavy atom. The number of aryl methyl sites for hydroxylation is 2. The monoisotopic (exact) mass is 245 g/mol. The Morgan fingerprint density at radius 2 is 2.17 bits per heavy atom. The summed E-state index contributed by atoms with van der Waals surface area (Å²) < 4.78 is 6.62. The van der Waals surface area contributed by atoms with Crippen LogP contribution >= 0.6 is 0 Å². The number of hydrogen-bond donors (Lipinski definition) is 1. The van der Waals surface area contributed by atoms with Crippen molar-refractivity contribution < 1.29 is 9.53 Å². The lowest BCUT2D eigenvalue weighted by atomic mass is 10.0. The first kappa shape index (κ1) is 12.2. The second kappa shape index (κ2) is 4.52. The summed E-state index contributed by atoms with van der Waals surface area (Å²) in [6, 6.07) is 5.25. The number of nitrogen functional groups attached to an aromatic ring is 1. The summed E-state index contributed by atoms with van der Waals surface area (Å²) >= 11 is 0. The molecule has 2 N–H and O–H groups in total. The number of nitrogens with zero attached hydrogens (tertiary/aromatic N) is 2. The van der Waals surface area contributed by atoms with Gasteiger partial charge in [0.1, 0.15) is 0 Å². The van der Waals surface area contributed by atoms with Crippen LogP contribution in [0.25, 0.3) is 0 Å². The average molecular weight is 245 g/mol. The molecule has 1 heterocycles. The predicted molar refractivity (Wildman–Crippen MR) is 68.8 cm³/mol. The van der Waals surface area contributed by atoms with Crippen molar-refractivity contribution in [1.82, 2.24) is 9.78 Å². The van der Waals surface area contributed by atoms with E-state index in [2.05, 4.69) is 5.10 Å². The van der Waals surface area contributed by atoms with Crippen molar-refractivity contribution >= 4 is 11.5 Å². The van der Waals surface area contributed by atoms with Crippen molar-refractivity contribution in [3.05, 3.63) is 41.2 Å². The maximum Gasteiger partial charge on any atom is 0.214 e. The Balaban J connectivity index is 2.47. The first-order valence-electron chi connectivity index (χ1n) is 5.51. The molecule has 1 aromatic heterocycles. The number of ketones is 1. The highest BCUT2D eigenvalue weighted by Gasteiger charge is 2.19. The number of rotatable bonds is 3. The highest BCUT2D eigenvalue weighted by molar-refractivity contribution is 6.10. The van der Waals surface area contributed by atoms with Gasteiger partial charge in [0.25, 0.3) is 0 Å². The van der Waals surface area contributed by atoms with Gasteiger partial charge in [-0.2, -0.15) is 5.10 Å². The van der Waals surface area contributed by atoms with Gasteiger partial charge in [-0.3, -0.25) is 9.48 Å². The van der Waals surface area contributed by atoms with E-state index in [1.54, 1.807) is 19.2 Å². The SMILES string of the molecule is COc1cnn(C)c1C(=O)c1ccc(C)c(N)c1. The van der Waals surface area contributed by atoms with Crippen LogP contribution in [0.4, 0.5) is 5.69 Å². The molecule has 1 aromatic carbocycles. The van der Waals surface area contributed by atoms with Crippen molar-refractivity contribution in [1.29, 1.82) is 0 Å². The topological polar surface area (TPSA) is 70.1 Å². The number of aromatic nitrogens is 2. The van der Waals surface area contributed by atoms with Gasteiger partial charge in [-0.1, -0.05) is 12.1 Å². The summed E-state index contributed by atoms with van der Waals surface area (Å²) in [5, 5.41) is 4.01. The lowest BCUT2D eigenvalue weighted by Crippen LogP contribution is -2.10. The summed E-state index contributed by atoms with van der Waals surface area (Å²) in [7, 11) is 3.21. The molecule has 5 nitrogen and oxygen atoms in total. The van der Waals surface area contributed by atoms with Crippen LogP contribution in [0.1, 0.15) is 21.6 Å². The highest BCUT2D eigenvalue weighted by Crippen LogP contribution is 2.22. The second-order valence-corrected chi connectivity index (χ2v) is 4.09. The summed E-state index contributed by atoms with van der Waals surface area (Å²) in [6.45, 7) is 1.90. The molecular weight excluding hydrogens is 230 g/mol. The summed E-state index contributed by atoms with van der Waals surface area (Å²) in [6.07, 6.45) is 1.52. The van der Waals surface area contributed by atoms with Gasteiger partial charge in [-0.25, -0.2) is 0 Å². The van der Waals surface area contributed by atoms with Gasteiger partial charge in [-0.05, 0) is 18.6 Å². The van der Waals surface area contributed by atoms with Crippen LogP contribution in [0, 0.1) is 6.92 Å². The smallest absolute Gasteiger partial charge is 0.214 e. The third-order valence-corrected chi connectivity index (χ3v) is 2.88. The zero-order valence-electron chi connectivity index (χ0n) is 10.6. The minimum absolute atomic E-state index is 0.154. The first-order valence-corrected chi connectivity index (χ1v) is 5.51. The molecule has 0 bridgehead atoms. The van der Waals surface area contributed by atoms with Crippen LogP contribution in [-0.4, -0.2) is 22.7 Å². The summed E-state index contributed by atoms with van der Waals surface area (Å²) in [5.74, 6) is 0.306. The molecule has 5 heteroatoms. The van der Waals surface area contributed by atoms with Gasteiger partial charge in [0, 0.05) is 18.3 Å². The van der Waals surface area contributed by atoms with Crippen LogP contribution in [0.5, 0.6) is 5.75 Å². The van der Waals surface area contributed by atoms with Gasteiger partial charge in [0.15, 0.2) is 11.4 Å². The molecule has 0 amide bonds. The van der Waals surface area contributed by atoms with E-state index >= 15 is 0 Å². The number of methoxy groups -OCH3 is 1. The van der Waals surface area contributed by atoms with Crippen LogP contribution in [-0.2, 0) is 7.05 Å². The Hall–Kier alpha value is -2.30. The molecule has 0 saturated heterocycles. The number of anilines is 1. The normalized spacial score (nSPS) is 10.4. The maximum absolute atomic E-state index is 12.4. The number of carbonyl (C=O) groups is 1. The van der Waals surface area contributed by atoms with Crippen molar-refractivity contribution in [3.63, 3.8) is 0 Å². The lowest BCUT2D eigenvalue weighted by molar-refractivity contribution is 0.102. The van der Waals surface area contributed by atoms with Gasteiger partial charge in [0.05, 0.1) is 13.3 Å². The Kier molecular flexibility index (Phi) is 3.06. The second-order valence-electron chi connectivity index (χ2n) is 4.09. The molecule has 0 aliphatic heterocycles. The predicted octanol–water partition coefficient (Wildman–Crippen LogP) is 1.55. The fourth-order valence-corrected chi connectivity index (χ4v) is 1.74. The Bertz CT molecular complexity index is 602. The van der Waals surface area contributed by atoms with Crippen LogP contribution in [0.2, 0.25) is 0 Å². The number of benzene rings is 1. The van der Waals surface area contributed by atoms with E-state index in [1.807, 2.05) is 13.0 Å². The van der Waals surface area contributed by atoms with Crippen LogP contribution in [0.15, 0.2) is 24.4 Å². The molecule has 0 unspecified atom stereocenters. The van der Waals surface area contributed by atoms with Gasteiger partial charge in [-0.15, -0.1) is 0 Å². The van der Waals surface area contributed by atoms with Gasteiger partial charge in [0.2, 0.25) is 5.78 Å². The Morgan fingerprint density at radius 3 is 2.78 bits per heavy atom. The number of nitrogens with two attached hydrogens (primary N) is 1. The van der Waals surface area contributed by atoms with E-state index in [9.17, 15) is 4.79 Å². The van der Waals surface area contributed by atoms with E-state index < -0.39 is 0 Å². The van der Waals surface area contributed by atoms with E-state index in [-0.39, 0.29) is 5.78 Å². The van der Waals surface area contributed by atoms with Gasteiger partial charge < -0.3 is 10.5 Å². The summed E-state index contributed by atoms with van der Waals surface area (Å²) in [4.78, 5) is 12.4. The lowest BCUT2D eigenvalue weighted by Gasteiger charge is -2.06. The summed E-state index contributed by atoms with van der Waals surface area (Å²) in [5.41, 5.74) is 8.31. The molecule has 0 spiro atoms. The molecule has 0 saturated carbocycles. The van der Waals surface area contributed by atoms with E-state index in [4.69, 9.17) is 10.5 Å². The number of carbonyl (C=O) groups excluding carboxylic acids is 1. The minimum atomic E-state index is -0.154. The molecule has 0 aliphatic rings. The van der Waals surface area contributed by atoms with Crippen molar-refractivity contribution in [3.8, 4) is 5.75 Å². The Labute approximate surface area is 105 Å². The van der Waals surface area contributed by atoms with Crippen LogP contribution in [0.3, 0.4) is 0 Å². The highest BCUT2D eigenvalue weighted by atomic mass is 16.5. The van der Waals surface area contributed by atoms with Crippen LogP contribution < -0.4 is 10.5 Å². The third kappa shape index (κ3) is 1.95. The fourth-order valence-electron chi connectivity index (χ4n) is 1.74. The van der Waals surface area contributed by atoms with Crippen molar-refractivity contribution in [2.75, 3.05) is 12.8 Å². The molecule has 0 atom stereocenters.